The van der Waals surface area contributed by atoms with Crippen LogP contribution in [0.15, 0.2) is 89.5 Å². The molecule has 0 aliphatic rings. The van der Waals surface area contributed by atoms with E-state index in [1.807, 2.05) is 78.9 Å². The molecule has 0 saturated carbocycles. The fourth-order valence-corrected chi connectivity index (χ4v) is 4.65. The highest BCUT2D eigenvalue weighted by Gasteiger charge is 2.13. The fraction of sp³-hybridized carbons (Fsp3) is 0.138. The van der Waals surface area contributed by atoms with Crippen molar-refractivity contribution < 1.29 is 4.79 Å². The van der Waals surface area contributed by atoms with Gasteiger partial charge in [0.25, 0.3) is 0 Å². The molecule has 2 aromatic heterocycles. The fourth-order valence-electron chi connectivity index (χ4n) is 4.07. The molecule has 0 aliphatic heterocycles. The van der Waals surface area contributed by atoms with Crippen molar-refractivity contribution in [1.29, 1.82) is 0 Å². The molecule has 5 rings (SSSR count). The number of halogens is 2. The maximum Gasteiger partial charge on any atom is 0.323 e. The molecule has 3 N–H and O–H groups in total. The standard InChI is InChI=1S/C29H26BrClN6O/c1-18(2)20-10-12-21(13-11-20)34-29(38)35-22-7-5-6-19(14-22)16-32-27-15-26(23-8-3-4-9-25(23)31)36-28-24(30)17-33-37(27)28/h3-15,17-18,32H,16H2,1-2H3,(H2,34,35,38). The number of benzene rings is 3. The lowest BCUT2D eigenvalue weighted by Crippen LogP contribution is -2.19. The molecule has 0 aliphatic carbocycles. The molecule has 0 unspecified atom stereocenters. The third-order valence-corrected chi connectivity index (χ3v) is 6.96. The zero-order valence-electron chi connectivity index (χ0n) is 20.9. The van der Waals surface area contributed by atoms with E-state index < -0.39 is 0 Å². The Morgan fingerprint density at radius 3 is 2.50 bits per heavy atom. The maximum atomic E-state index is 12.6. The Bertz CT molecular complexity index is 1600. The van der Waals surface area contributed by atoms with Crippen LogP contribution >= 0.6 is 27.5 Å². The van der Waals surface area contributed by atoms with Crippen molar-refractivity contribution in [3.05, 3.63) is 106 Å². The quantitative estimate of drug-likeness (QED) is 0.179. The van der Waals surface area contributed by atoms with Gasteiger partial charge >= 0.3 is 6.03 Å². The Kier molecular flexibility index (Phi) is 7.62. The van der Waals surface area contributed by atoms with Crippen molar-refractivity contribution in [3.8, 4) is 11.3 Å². The molecule has 0 bridgehead atoms. The van der Waals surface area contributed by atoms with Gasteiger partial charge in [-0.05, 0) is 63.3 Å². The van der Waals surface area contributed by atoms with Crippen molar-refractivity contribution in [2.45, 2.75) is 26.3 Å². The maximum absolute atomic E-state index is 12.6. The summed E-state index contributed by atoms with van der Waals surface area (Å²) in [6.07, 6.45) is 1.71. The van der Waals surface area contributed by atoms with Crippen LogP contribution in [0.2, 0.25) is 5.02 Å². The number of anilines is 3. The highest BCUT2D eigenvalue weighted by molar-refractivity contribution is 9.10. The average Bonchev–Trinajstić information content (AvgIpc) is 3.28. The lowest BCUT2D eigenvalue weighted by molar-refractivity contribution is 0.262. The van der Waals surface area contributed by atoms with Gasteiger partial charge in [-0.15, -0.1) is 0 Å². The van der Waals surface area contributed by atoms with E-state index >= 15 is 0 Å². The Hall–Kier alpha value is -3.88. The number of rotatable bonds is 7. The summed E-state index contributed by atoms with van der Waals surface area (Å²) < 4.78 is 2.52. The minimum atomic E-state index is -0.297. The molecular formula is C29H26BrClN6O. The van der Waals surface area contributed by atoms with Crippen LogP contribution in [0.4, 0.5) is 22.0 Å². The summed E-state index contributed by atoms with van der Waals surface area (Å²) in [6.45, 7) is 4.78. The van der Waals surface area contributed by atoms with Crippen LogP contribution in [0.3, 0.4) is 0 Å². The molecule has 7 nitrogen and oxygen atoms in total. The number of hydrogen-bond acceptors (Lipinski definition) is 4. The summed E-state index contributed by atoms with van der Waals surface area (Å²) in [6, 6.07) is 24.8. The molecule has 5 aromatic rings. The molecule has 192 valence electrons. The second-order valence-corrected chi connectivity index (χ2v) is 10.4. The molecule has 0 atom stereocenters. The summed E-state index contributed by atoms with van der Waals surface area (Å²) in [7, 11) is 0. The molecule has 2 amide bonds. The number of aromatic nitrogens is 3. The lowest BCUT2D eigenvalue weighted by atomic mass is 10.0. The van der Waals surface area contributed by atoms with Gasteiger partial charge in [0.05, 0.1) is 16.4 Å². The van der Waals surface area contributed by atoms with Gasteiger partial charge in [-0.2, -0.15) is 9.61 Å². The van der Waals surface area contributed by atoms with Crippen LogP contribution in [0.25, 0.3) is 16.9 Å². The minimum Gasteiger partial charge on any atom is -0.366 e. The van der Waals surface area contributed by atoms with Crippen molar-refractivity contribution in [3.63, 3.8) is 0 Å². The number of nitrogens with zero attached hydrogens (tertiary/aromatic N) is 3. The molecule has 38 heavy (non-hydrogen) atoms. The summed E-state index contributed by atoms with van der Waals surface area (Å²) in [5.41, 5.74) is 5.90. The van der Waals surface area contributed by atoms with Gasteiger partial charge in [0, 0.05) is 34.6 Å². The molecule has 9 heteroatoms. The second kappa shape index (κ2) is 11.2. The Morgan fingerprint density at radius 1 is 0.974 bits per heavy atom. The molecular weight excluding hydrogens is 564 g/mol. The number of amides is 2. The van der Waals surface area contributed by atoms with Gasteiger partial charge in [0.2, 0.25) is 0 Å². The van der Waals surface area contributed by atoms with Gasteiger partial charge in [-0.1, -0.05) is 67.9 Å². The third kappa shape index (κ3) is 5.82. The normalized spacial score (nSPS) is 11.1. The second-order valence-electron chi connectivity index (χ2n) is 9.14. The predicted octanol–water partition coefficient (Wildman–Crippen LogP) is 8.19. The summed E-state index contributed by atoms with van der Waals surface area (Å²) in [5, 5.41) is 14.3. The zero-order valence-corrected chi connectivity index (χ0v) is 23.2. The highest BCUT2D eigenvalue weighted by Crippen LogP contribution is 2.30. The van der Waals surface area contributed by atoms with E-state index in [0.29, 0.717) is 28.8 Å². The van der Waals surface area contributed by atoms with E-state index in [-0.39, 0.29) is 6.03 Å². The SMILES string of the molecule is CC(C)c1ccc(NC(=O)Nc2cccc(CNc3cc(-c4ccccc4Cl)nc4c(Br)cnn34)c2)cc1. The van der Waals surface area contributed by atoms with E-state index in [1.54, 1.807) is 10.7 Å². The van der Waals surface area contributed by atoms with Gasteiger partial charge in [-0.25, -0.2) is 9.78 Å². The lowest BCUT2D eigenvalue weighted by Gasteiger charge is -2.13. The monoisotopic (exact) mass is 588 g/mol. The minimum absolute atomic E-state index is 0.297. The largest absolute Gasteiger partial charge is 0.366 e. The van der Waals surface area contributed by atoms with E-state index in [2.05, 4.69) is 50.8 Å². The van der Waals surface area contributed by atoms with Crippen LogP contribution in [-0.2, 0) is 6.54 Å². The predicted molar refractivity (Wildman–Crippen MR) is 158 cm³/mol. The van der Waals surface area contributed by atoms with E-state index in [0.717, 1.165) is 32.8 Å². The van der Waals surface area contributed by atoms with Gasteiger partial charge < -0.3 is 16.0 Å². The van der Waals surface area contributed by atoms with E-state index in [4.69, 9.17) is 16.6 Å². The average molecular weight is 590 g/mol. The topological polar surface area (TPSA) is 83.4 Å². The first kappa shape index (κ1) is 25.8. The van der Waals surface area contributed by atoms with Crippen molar-refractivity contribution in [1.82, 2.24) is 14.6 Å². The number of carbonyl (C=O) groups is 1. The summed E-state index contributed by atoms with van der Waals surface area (Å²) >= 11 is 9.98. The van der Waals surface area contributed by atoms with Crippen LogP contribution < -0.4 is 16.0 Å². The number of hydrogen-bond donors (Lipinski definition) is 3. The number of nitrogens with one attached hydrogen (secondary N) is 3. The Labute approximate surface area is 234 Å². The number of urea groups is 1. The molecule has 2 heterocycles. The number of fused-ring (bicyclic) bond motifs is 1. The van der Waals surface area contributed by atoms with Gasteiger partial charge in [-0.3, -0.25) is 0 Å². The third-order valence-electron chi connectivity index (χ3n) is 6.07. The van der Waals surface area contributed by atoms with Gasteiger partial charge in [0.1, 0.15) is 5.82 Å². The molecule has 0 spiro atoms. The highest BCUT2D eigenvalue weighted by atomic mass is 79.9. The van der Waals surface area contributed by atoms with E-state index in [9.17, 15) is 4.79 Å². The summed E-state index contributed by atoms with van der Waals surface area (Å²) in [5.74, 6) is 1.20. The van der Waals surface area contributed by atoms with Gasteiger partial charge in [0.15, 0.2) is 5.65 Å². The molecule has 3 aromatic carbocycles. The zero-order chi connectivity index (χ0) is 26.6. The molecule has 0 fully saturated rings. The Balaban J connectivity index is 1.30. The Morgan fingerprint density at radius 2 is 1.74 bits per heavy atom. The molecule has 0 radical (unpaired) electrons. The van der Waals surface area contributed by atoms with Crippen LogP contribution in [0.1, 0.15) is 30.9 Å². The summed E-state index contributed by atoms with van der Waals surface area (Å²) in [4.78, 5) is 17.3. The van der Waals surface area contributed by atoms with Crippen molar-refractivity contribution in [2.75, 3.05) is 16.0 Å². The van der Waals surface area contributed by atoms with Crippen molar-refractivity contribution in [2.24, 2.45) is 0 Å². The van der Waals surface area contributed by atoms with Crippen molar-refractivity contribution >= 4 is 56.4 Å². The first-order valence-electron chi connectivity index (χ1n) is 12.2. The van der Waals surface area contributed by atoms with E-state index in [1.165, 1.54) is 5.56 Å². The van der Waals surface area contributed by atoms with Crippen LogP contribution in [0.5, 0.6) is 0 Å². The first-order chi connectivity index (χ1) is 18.4. The smallest absolute Gasteiger partial charge is 0.323 e. The number of carbonyl (C=O) groups excluding carboxylic acids is 1. The first-order valence-corrected chi connectivity index (χ1v) is 13.3. The molecule has 0 saturated heterocycles. The van der Waals surface area contributed by atoms with Crippen LogP contribution in [0, 0.1) is 0 Å². The van der Waals surface area contributed by atoms with Crippen LogP contribution in [-0.4, -0.2) is 20.6 Å².